The van der Waals surface area contributed by atoms with Crippen molar-refractivity contribution in [3.05, 3.63) is 52.5 Å². The first kappa shape index (κ1) is 17.5. The summed E-state index contributed by atoms with van der Waals surface area (Å²) < 4.78 is 2.22. The van der Waals surface area contributed by atoms with E-state index in [1.807, 2.05) is 43.3 Å². The van der Waals surface area contributed by atoms with Crippen molar-refractivity contribution in [1.82, 2.24) is 4.98 Å². The highest BCUT2D eigenvalue weighted by Crippen LogP contribution is 2.32. The molecule has 1 N–H and O–H groups in total. The number of para-hydroxylation sites is 1. The van der Waals surface area contributed by atoms with Gasteiger partial charge in [-0.05, 0) is 55.7 Å². The number of piperidine rings is 1. The van der Waals surface area contributed by atoms with E-state index in [4.69, 9.17) is 4.98 Å². The van der Waals surface area contributed by atoms with E-state index < -0.39 is 0 Å². The smallest absolute Gasteiger partial charge is 0.229 e. The van der Waals surface area contributed by atoms with E-state index >= 15 is 0 Å². The lowest BCUT2D eigenvalue weighted by Gasteiger charge is -2.31. The van der Waals surface area contributed by atoms with Crippen molar-refractivity contribution in [2.24, 2.45) is 5.92 Å². The van der Waals surface area contributed by atoms with Crippen LogP contribution in [-0.2, 0) is 4.79 Å². The van der Waals surface area contributed by atoms with Crippen molar-refractivity contribution in [2.45, 2.75) is 19.8 Å². The van der Waals surface area contributed by atoms with Gasteiger partial charge in [0, 0.05) is 23.2 Å². The van der Waals surface area contributed by atoms with Gasteiger partial charge in [0.25, 0.3) is 0 Å². The van der Waals surface area contributed by atoms with Crippen LogP contribution in [0.3, 0.4) is 0 Å². The van der Waals surface area contributed by atoms with Gasteiger partial charge in [0.15, 0.2) is 5.13 Å². The number of hydrogen-bond donors (Lipinski definition) is 1. The molecule has 1 aliphatic rings. The molecule has 4 rings (SSSR count). The summed E-state index contributed by atoms with van der Waals surface area (Å²) in [6.07, 6.45) is 1.93. The van der Waals surface area contributed by atoms with Gasteiger partial charge in [0.1, 0.15) is 0 Å². The maximum atomic E-state index is 12.8. The number of benzene rings is 2. The normalized spacial score (nSPS) is 17.5. The van der Waals surface area contributed by atoms with Crippen LogP contribution in [0.2, 0.25) is 0 Å². The topological polar surface area (TPSA) is 45.2 Å². The van der Waals surface area contributed by atoms with E-state index in [2.05, 4.69) is 32.2 Å². The first-order chi connectivity index (χ1) is 12.6. The molecule has 3 aromatic rings. The minimum Gasteiger partial charge on any atom is -0.347 e. The molecule has 1 fully saturated rings. The molecule has 1 aliphatic heterocycles. The summed E-state index contributed by atoms with van der Waals surface area (Å²) in [5, 5.41) is 4.12. The van der Waals surface area contributed by atoms with Crippen LogP contribution in [0.1, 0.15) is 18.4 Å². The van der Waals surface area contributed by atoms with E-state index in [0.717, 1.165) is 52.3 Å². The predicted molar refractivity (Wildman–Crippen MR) is 112 cm³/mol. The molecule has 0 aliphatic carbocycles. The monoisotopic (exact) mass is 429 g/mol. The van der Waals surface area contributed by atoms with Crippen LogP contribution in [-0.4, -0.2) is 24.0 Å². The zero-order valence-electron chi connectivity index (χ0n) is 14.5. The first-order valence-electron chi connectivity index (χ1n) is 8.78. The Balaban J connectivity index is 1.48. The van der Waals surface area contributed by atoms with Gasteiger partial charge < -0.3 is 10.2 Å². The second-order valence-corrected chi connectivity index (χ2v) is 8.62. The summed E-state index contributed by atoms with van der Waals surface area (Å²) in [6, 6.07) is 14.1. The second-order valence-electron chi connectivity index (χ2n) is 6.70. The van der Waals surface area contributed by atoms with Crippen molar-refractivity contribution in [3.8, 4) is 0 Å². The lowest BCUT2D eigenvalue weighted by Crippen LogP contribution is -2.40. The fraction of sp³-hybridized carbons (Fsp3) is 0.300. The van der Waals surface area contributed by atoms with Gasteiger partial charge >= 0.3 is 0 Å². The highest BCUT2D eigenvalue weighted by Gasteiger charge is 2.27. The van der Waals surface area contributed by atoms with E-state index in [9.17, 15) is 4.79 Å². The van der Waals surface area contributed by atoms with Crippen molar-refractivity contribution in [2.75, 3.05) is 23.3 Å². The predicted octanol–water partition coefficient (Wildman–Crippen LogP) is 5.22. The highest BCUT2D eigenvalue weighted by molar-refractivity contribution is 9.10. The minimum atomic E-state index is -0.0150. The van der Waals surface area contributed by atoms with Crippen LogP contribution in [0.25, 0.3) is 10.2 Å². The van der Waals surface area contributed by atoms with Gasteiger partial charge in [0.2, 0.25) is 5.91 Å². The number of carbonyl (C=O) groups excluding carboxylic acids is 1. The number of fused-ring (bicyclic) bond motifs is 1. The molecule has 134 valence electrons. The van der Waals surface area contributed by atoms with Gasteiger partial charge in [-0.3, -0.25) is 4.79 Å². The molecule has 1 saturated heterocycles. The quantitative estimate of drug-likeness (QED) is 0.620. The van der Waals surface area contributed by atoms with E-state index in [1.165, 1.54) is 4.70 Å². The molecule has 0 saturated carbocycles. The number of aryl methyl sites for hydroxylation is 1. The first-order valence-corrected chi connectivity index (χ1v) is 10.4. The Labute approximate surface area is 165 Å². The fourth-order valence-electron chi connectivity index (χ4n) is 3.36. The maximum Gasteiger partial charge on any atom is 0.229 e. The Morgan fingerprint density at radius 1 is 1.31 bits per heavy atom. The third-order valence-corrected chi connectivity index (χ3v) is 6.38. The zero-order chi connectivity index (χ0) is 18.1. The molecule has 6 heteroatoms. The number of halogens is 1. The van der Waals surface area contributed by atoms with Gasteiger partial charge in [-0.25, -0.2) is 4.98 Å². The SMILES string of the molecule is Cc1cc(Br)ccc1NC(=O)C1CCCN(c2nc3ccccc3s2)C1. The third kappa shape index (κ3) is 3.62. The summed E-state index contributed by atoms with van der Waals surface area (Å²) in [6.45, 7) is 3.69. The van der Waals surface area contributed by atoms with Crippen LogP contribution < -0.4 is 10.2 Å². The number of rotatable bonds is 3. The van der Waals surface area contributed by atoms with Crippen LogP contribution in [0.4, 0.5) is 10.8 Å². The lowest BCUT2D eigenvalue weighted by molar-refractivity contribution is -0.120. The number of nitrogens with zero attached hydrogens (tertiary/aromatic N) is 2. The van der Waals surface area contributed by atoms with E-state index in [1.54, 1.807) is 11.3 Å². The number of aromatic nitrogens is 1. The molecule has 0 radical (unpaired) electrons. The molecule has 1 aromatic heterocycles. The van der Waals surface area contributed by atoms with Crippen molar-refractivity contribution < 1.29 is 4.79 Å². The average molecular weight is 430 g/mol. The Kier molecular flexibility index (Phi) is 4.96. The molecular formula is C20H20BrN3OS. The zero-order valence-corrected chi connectivity index (χ0v) is 16.9. The molecule has 2 aromatic carbocycles. The van der Waals surface area contributed by atoms with E-state index in [-0.39, 0.29) is 11.8 Å². The van der Waals surface area contributed by atoms with Gasteiger partial charge in [-0.2, -0.15) is 0 Å². The highest BCUT2D eigenvalue weighted by atomic mass is 79.9. The van der Waals surface area contributed by atoms with Crippen LogP contribution in [0.15, 0.2) is 46.9 Å². The summed E-state index contributed by atoms with van der Waals surface area (Å²) >= 11 is 5.17. The van der Waals surface area contributed by atoms with Gasteiger partial charge in [0.05, 0.1) is 16.1 Å². The molecule has 1 amide bonds. The maximum absolute atomic E-state index is 12.8. The molecule has 1 atom stereocenters. The summed E-state index contributed by atoms with van der Waals surface area (Å²) in [5.41, 5.74) is 2.98. The number of carbonyl (C=O) groups is 1. The number of amides is 1. The molecule has 0 bridgehead atoms. The fourth-order valence-corrected chi connectivity index (χ4v) is 4.84. The van der Waals surface area contributed by atoms with E-state index in [0.29, 0.717) is 0 Å². The summed E-state index contributed by atoms with van der Waals surface area (Å²) in [7, 11) is 0. The Morgan fingerprint density at radius 2 is 2.15 bits per heavy atom. The Hall–Kier alpha value is -1.92. The molecule has 4 nitrogen and oxygen atoms in total. The number of nitrogens with one attached hydrogen (secondary N) is 1. The number of hydrogen-bond acceptors (Lipinski definition) is 4. The second kappa shape index (κ2) is 7.37. The van der Waals surface area contributed by atoms with Crippen LogP contribution in [0.5, 0.6) is 0 Å². The summed E-state index contributed by atoms with van der Waals surface area (Å²) in [5.74, 6) is 0.0834. The number of anilines is 2. The summed E-state index contributed by atoms with van der Waals surface area (Å²) in [4.78, 5) is 19.8. The molecule has 1 unspecified atom stereocenters. The third-order valence-electron chi connectivity index (χ3n) is 4.79. The van der Waals surface area contributed by atoms with Crippen LogP contribution >= 0.6 is 27.3 Å². The molecule has 2 heterocycles. The molecule has 26 heavy (non-hydrogen) atoms. The van der Waals surface area contributed by atoms with Crippen molar-refractivity contribution >= 4 is 54.2 Å². The molecule has 0 spiro atoms. The molecular weight excluding hydrogens is 410 g/mol. The lowest BCUT2D eigenvalue weighted by atomic mass is 9.97. The van der Waals surface area contributed by atoms with Crippen molar-refractivity contribution in [3.63, 3.8) is 0 Å². The number of thiazole rings is 1. The average Bonchev–Trinajstić information content (AvgIpc) is 3.08. The van der Waals surface area contributed by atoms with Crippen molar-refractivity contribution in [1.29, 1.82) is 0 Å². The largest absolute Gasteiger partial charge is 0.347 e. The standard InChI is InChI=1S/C20H20BrN3OS/c1-13-11-15(21)8-9-16(13)22-19(25)14-5-4-10-24(12-14)20-23-17-6-2-3-7-18(17)26-20/h2-3,6-9,11,14H,4-5,10,12H2,1H3,(H,22,25). The van der Waals surface area contributed by atoms with Gasteiger partial charge in [-0.1, -0.05) is 39.4 Å². The minimum absolute atomic E-state index is 0.0150. The van der Waals surface area contributed by atoms with Crippen LogP contribution in [0, 0.1) is 12.8 Å². The van der Waals surface area contributed by atoms with Gasteiger partial charge in [-0.15, -0.1) is 0 Å². The Bertz CT molecular complexity index is 922. The Morgan fingerprint density at radius 3 is 2.96 bits per heavy atom.